The van der Waals surface area contributed by atoms with E-state index in [0.29, 0.717) is 30.4 Å². The minimum Gasteiger partial charge on any atom is -0.490 e. The van der Waals surface area contributed by atoms with Crippen LogP contribution in [0.15, 0.2) is 42.5 Å². The van der Waals surface area contributed by atoms with Crippen LogP contribution in [0.3, 0.4) is 0 Å². The van der Waals surface area contributed by atoms with Gasteiger partial charge in [-0.05, 0) is 60.6 Å². The molecule has 0 radical (unpaired) electrons. The summed E-state index contributed by atoms with van der Waals surface area (Å²) >= 11 is 6.53. The maximum Gasteiger partial charge on any atom is 0.302 e. The number of halogens is 1. The number of rotatable bonds is 8. The third kappa shape index (κ3) is 13.4. The van der Waals surface area contributed by atoms with Crippen LogP contribution in [0.2, 0.25) is 5.02 Å². The van der Waals surface area contributed by atoms with Crippen LogP contribution >= 0.6 is 11.6 Å². The Hall–Kier alpha value is -3.63. The molecule has 0 aromatic heterocycles. The Morgan fingerprint density at radius 1 is 0.881 bits per heavy atom. The number of hydrogen-bond acceptors (Lipinski definition) is 8. The van der Waals surface area contributed by atoms with Crippen molar-refractivity contribution in [1.82, 2.24) is 0 Å². The van der Waals surface area contributed by atoms with Crippen LogP contribution in [0.4, 0.5) is 0 Å². The number of carboxylic acid groups (broad SMARTS) is 2. The molecule has 42 heavy (non-hydrogen) atoms. The van der Waals surface area contributed by atoms with E-state index in [4.69, 9.17) is 50.4 Å². The number of ether oxygens (including phenoxy) is 4. The van der Waals surface area contributed by atoms with E-state index in [2.05, 4.69) is 12.1 Å². The quantitative estimate of drug-likeness (QED) is 0.356. The van der Waals surface area contributed by atoms with Crippen LogP contribution in [0.1, 0.15) is 82.6 Å². The first-order chi connectivity index (χ1) is 19.8. The van der Waals surface area contributed by atoms with Crippen LogP contribution in [-0.4, -0.2) is 59.0 Å². The molecule has 1 aliphatic carbocycles. The fourth-order valence-corrected chi connectivity index (χ4v) is 4.54. The topological polar surface area (TPSA) is 146 Å². The average molecular weight is 607 g/mol. The van der Waals surface area contributed by atoms with Crippen LogP contribution in [0.25, 0.3) is 0 Å². The van der Waals surface area contributed by atoms with Gasteiger partial charge < -0.3 is 29.2 Å². The third-order valence-corrected chi connectivity index (χ3v) is 6.65. The Kier molecular flexibility index (Phi) is 14.3. The molecule has 2 aliphatic rings. The molecule has 1 saturated heterocycles. The van der Waals surface area contributed by atoms with Gasteiger partial charge in [0.1, 0.15) is 18.5 Å². The molecule has 1 heterocycles. The lowest BCUT2D eigenvalue weighted by Crippen LogP contribution is -2.36. The van der Waals surface area contributed by atoms with Crippen molar-refractivity contribution < 1.29 is 48.3 Å². The molecule has 1 saturated carbocycles. The average Bonchev–Trinajstić information content (AvgIpc) is 2.86. The summed E-state index contributed by atoms with van der Waals surface area (Å²) in [6.45, 7) is 5.05. The minimum absolute atomic E-state index is 0.124. The molecule has 1 aliphatic heterocycles. The summed E-state index contributed by atoms with van der Waals surface area (Å²) in [7, 11) is 0. The van der Waals surface area contributed by atoms with Crippen molar-refractivity contribution in [3.8, 4) is 5.75 Å². The minimum atomic E-state index is -0.833. The second-order valence-electron chi connectivity index (χ2n) is 10.1. The standard InChI is InChI=1S/C27H31ClO6.2C2H4O2/c1-17(29)31-16-25-14-24(32-18(2)30)15-27(34-25)20-8-11-26(28)21(13-20)12-19-6-9-23(10-7-19)33-22-4-3-5-22;2*1-2(3)4/h6-11,13,22,24-25,27H,3-5,12,14-16H2,1-2H3;2*1H3,(H,3,4). The summed E-state index contributed by atoms with van der Waals surface area (Å²) in [5.74, 6) is -1.47. The van der Waals surface area contributed by atoms with Crippen molar-refractivity contribution >= 4 is 35.5 Å². The first kappa shape index (κ1) is 34.6. The zero-order valence-corrected chi connectivity index (χ0v) is 25.1. The number of hydrogen-bond donors (Lipinski definition) is 2. The monoisotopic (exact) mass is 606 g/mol. The lowest BCUT2D eigenvalue weighted by molar-refractivity contribution is -0.169. The molecular weight excluding hydrogens is 568 g/mol. The molecule has 11 heteroatoms. The summed E-state index contributed by atoms with van der Waals surface area (Å²) in [5, 5.41) is 15.5. The summed E-state index contributed by atoms with van der Waals surface area (Å²) in [5.41, 5.74) is 3.07. The molecule has 10 nitrogen and oxygen atoms in total. The van der Waals surface area contributed by atoms with E-state index < -0.39 is 11.9 Å². The van der Waals surface area contributed by atoms with Crippen molar-refractivity contribution in [1.29, 1.82) is 0 Å². The molecule has 4 rings (SSSR count). The number of carbonyl (C=O) groups excluding carboxylic acids is 2. The highest BCUT2D eigenvalue weighted by Gasteiger charge is 2.33. The van der Waals surface area contributed by atoms with Crippen molar-refractivity contribution in [3.63, 3.8) is 0 Å². The van der Waals surface area contributed by atoms with Gasteiger partial charge in [0, 0.05) is 45.6 Å². The molecule has 230 valence electrons. The van der Waals surface area contributed by atoms with E-state index in [1.54, 1.807) is 0 Å². The van der Waals surface area contributed by atoms with E-state index >= 15 is 0 Å². The van der Waals surface area contributed by atoms with Gasteiger partial charge in [-0.3, -0.25) is 19.2 Å². The number of esters is 2. The highest BCUT2D eigenvalue weighted by molar-refractivity contribution is 6.31. The lowest BCUT2D eigenvalue weighted by Gasteiger charge is -2.35. The van der Waals surface area contributed by atoms with Gasteiger partial charge in [-0.2, -0.15) is 0 Å². The highest BCUT2D eigenvalue weighted by Crippen LogP contribution is 2.35. The van der Waals surface area contributed by atoms with Gasteiger partial charge in [0.25, 0.3) is 11.9 Å². The predicted octanol–water partition coefficient (Wildman–Crippen LogP) is 5.76. The van der Waals surface area contributed by atoms with E-state index in [9.17, 15) is 9.59 Å². The maximum atomic E-state index is 11.6. The SMILES string of the molecule is CC(=O)O.CC(=O)O.CC(=O)OCC1CC(OC(C)=O)CC(c2ccc(Cl)c(Cc3ccc(OC4CCC4)cc3)c2)O1. The van der Waals surface area contributed by atoms with Crippen LogP contribution in [0, 0.1) is 0 Å². The third-order valence-electron chi connectivity index (χ3n) is 6.28. The van der Waals surface area contributed by atoms with Gasteiger partial charge >= 0.3 is 11.9 Å². The molecule has 2 aromatic rings. The molecule has 0 amide bonds. The molecule has 0 spiro atoms. The second kappa shape index (κ2) is 17.4. The van der Waals surface area contributed by atoms with E-state index in [0.717, 1.165) is 49.1 Å². The largest absolute Gasteiger partial charge is 0.490 e. The molecule has 2 aromatic carbocycles. The van der Waals surface area contributed by atoms with Crippen molar-refractivity contribution in [2.24, 2.45) is 0 Å². The summed E-state index contributed by atoms with van der Waals surface area (Å²) in [6.07, 6.45) is 4.60. The predicted molar refractivity (Wildman–Crippen MR) is 155 cm³/mol. The van der Waals surface area contributed by atoms with E-state index in [1.165, 1.54) is 20.3 Å². The van der Waals surface area contributed by atoms with E-state index in [-0.39, 0.29) is 36.9 Å². The Morgan fingerprint density at radius 3 is 2.02 bits per heavy atom. The van der Waals surface area contributed by atoms with Gasteiger partial charge in [0.05, 0.1) is 18.3 Å². The maximum absolute atomic E-state index is 11.6. The smallest absolute Gasteiger partial charge is 0.302 e. The zero-order chi connectivity index (χ0) is 31.2. The molecular formula is C31H39ClO10. The van der Waals surface area contributed by atoms with Gasteiger partial charge in [0.2, 0.25) is 0 Å². The Labute approximate surface area is 250 Å². The molecule has 2 fully saturated rings. The van der Waals surface area contributed by atoms with Crippen molar-refractivity contribution in [2.45, 2.75) is 90.6 Å². The van der Waals surface area contributed by atoms with Gasteiger partial charge in [-0.1, -0.05) is 35.9 Å². The second-order valence-corrected chi connectivity index (χ2v) is 10.5. The van der Waals surface area contributed by atoms with Crippen LogP contribution < -0.4 is 4.74 Å². The van der Waals surface area contributed by atoms with Crippen LogP contribution in [-0.2, 0) is 39.8 Å². The first-order valence-electron chi connectivity index (χ1n) is 13.7. The number of benzene rings is 2. The van der Waals surface area contributed by atoms with Gasteiger partial charge in [-0.25, -0.2) is 0 Å². The van der Waals surface area contributed by atoms with Crippen molar-refractivity contribution in [3.05, 3.63) is 64.2 Å². The normalized spacial score (nSPS) is 19.4. The fourth-order valence-electron chi connectivity index (χ4n) is 4.35. The Bertz CT molecular complexity index is 1170. The summed E-state index contributed by atoms with van der Waals surface area (Å²) in [4.78, 5) is 40.8. The van der Waals surface area contributed by atoms with Crippen LogP contribution in [0.5, 0.6) is 5.75 Å². The number of carbonyl (C=O) groups is 4. The number of carboxylic acids is 2. The summed E-state index contributed by atoms with van der Waals surface area (Å²) in [6, 6.07) is 14.0. The number of aliphatic carboxylic acids is 2. The first-order valence-corrected chi connectivity index (χ1v) is 14.1. The molecule has 2 N–H and O–H groups in total. The molecule has 3 atom stereocenters. The lowest BCUT2D eigenvalue weighted by atomic mass is 9.93. The fraction of sp³-hybridized carbons (Fsp3) is 0.484. The van der Waals surface area contributed by atoms with Gasteiger partial charge in [-0.15, -0.1) is 0 Å². The Balaban J connectivity index is 0.000000686. The van der Waals surface area contributed by atoms with E-state index in [1.807, 2.05) is 30.3 Å². The zero-order valence-electron chi connectivity index (χ0n) is 24.3. The van der Waals surface area contributed by atoms with Gasteiger partial charge in [0.15, 0.2) is 0 Å². The molecule has 3 unspecified atom stereocenters. The Morgan fingerprint density at radius 2 is 1.50 bits per heavy atom. The van der Waals surface area contributed by atoms with Crippen molar-refractivity contribution in [2.75, 3.05) is 6.61 Å². The highest BCUT2D eigenvalue weighted by atomic mass is 35.5. The molecule has 0 bridgehead atoms. The summed E-state index contributed by atoms with van der Waals surface area (Å²) < 4.78 is 22.8.